The third-order valence-electron chi connectivity index (χ3n) is 14.0. The molecule has 0 saturated carbocycles. The number of furan rings is 1. The van der Waals surface area contributed by atoms with Crippen molar-refractivity contribution in [1.29, 1.82) is 0 Å². The third kappa shape index (κ3) is 4.82. The lowest BCUT2D eigenvalue weighted by atomic mass is 9.67. The fraction of sp³-hybridized carbons (Fsp3) is 0.0508. The molecule has 9 aromatic carbocycles. The van der Waals surface area contributed by atoms with E-state index < -0.39 is 5.41 Å². The van der Waals surface area contributed by atoms with E-state index in [0.717, 1.165) is 39.0 Å². The molecule has 2 aliphatic carbocycles. The molecular formula is C59H38N2OS. The van der Waals surface area contributed by atoms with E-state index in [-0.39, 0.29) is 12.0 Å². The van der Waals surface area contributed by atoms with Crippen LogP contribution in [0.5, 0.6) is 0 Å². The van der Waals surface area contributed by atoms with E-state index in [0.29, 0.717) is 0 Å². The minimum absolute atomic E-state index is 0.182. The molecule has 0 radical (unpaired) electrons. The zero-order valence-electron chi connectivity index (χ0n) is 34.2. The highest BCUT2D eigenvalue weighted by Crippen LogP contribution is 2.65. The van der Waals surface area contributed by atoms with E-state index in [9.17, 15) is 0 Å². The Morgan fingerprint density at radius 2 is 1.21 bits per heavy atom. The van der Waals surface area contributed by atoms with Gasteiger partial charge in [0.15, 0.2) is 5.58 Å². The Hall–Kier alpha value is -7.53. The molecule has 4 aliphatic rings. The monoisotopic (exact) mass is 822 g/mol. The number of rotatable bonds is 4. The zero-order chi connectivity index (χ0) is 41.2. The first-order valence-corrected chi connectivity index (χ1v) is 22.6. The molecule has 3 heterocycles. The van der Waals surface area contributed by atoms with Gasteiger partial charge in [0.25, 0.3) is 0 Å². The number of hydrogen-bond acceptors (Lipinski definition) is 4. The molecular weight excluding hydrogens is 785 g/mol. The molecule has 0 fully saturated rings. The topological polar surface area (TPSA) is 19.6 Å². The number of fused-ring (bicyclic) bond motifs is 17. The fourth-order valence-corrected chi connectivity index (χ4v) is 12.7. The minimum Gasteiger partial charge on any atom is -0.454 e. The number of para-hydroxylation sites is 2. The second kappa shape index (κ2) is 13.2. The van der Waals surface area contributed by atoms with Crippen LogP contribution in [0.25, 0.3) is 43.8 Å². The van der Waals surface area contributed by atoms with E-state index in [1.165, 1.54) is 70.9 Å². The van der Waals surface area contributed by atoms with Crippen LogP contribution >= 0.6 is 11.8 Å². The highest BCUT2D eigenvalue weighted by Gasteiger charge is 2.51. The smallest absolute Gasteiger partial charge is 0.160 e. The normalized spacial score (nSPS) is 17.1. The predicted molar refractivity (Wildman–Crippen MR) is 261 cm³/mol. The van der Waals surface area contributed by atoms with E-state index in [2.05, 4.69) is 228 Å². The summed E-state index contributed by atoms with van der Waals surface area (Å²) in [6.45, 7) is 0. The van der Waals surface area contributed by atoms with Gasteiger partial charge in [-0.05, 0) is 116 Å². The first-order valence-electron chi connectivity index (χ1n) is 21.8. The number of hydrogen-bond donors (Lipinski definition) is 0. The van der Waals surface area contributed by atoms with Crippen LogP contribution in [0.1, 0.15) is 33.7 Å². The summed E-state index contributed by atoms with van der Waals surface area (Å²) in [5.74, 6) is 0.195. The van der Waals surface area contributed by atoms with Gasteiger partial charge >= 0.3 is 0 Å². The summed E-state index contributed by atoms with van der Waals surface area (Å²) in [6, 6.07) is 72.1. The van der Waals surface area contributed by atoms with Crippen molar-refractivity contribution < 1.29 is 4.42 Å². The van der Waals surface area contributed by atoms with Gasteiger partial charge in [0.1, 0.15) is 5.58 Å². The largest absolute Gasteiger partial charge is 0.454 e. The summed E-state index contributed by atoms with van der Waals surface area (Å²) >= 11 is 1.88. The third-order valence-corrected chi connectivity index (χ3v) is 15.1. The van der Waals surface area contributed by atoms with Crippen LogP contribution in [-0.4, -0.2) is 6.04 Å². The Labute approximate surface area is 369 Å². The summed E-state index contributed by atoms with van der Waals surface area (Å²) in [7, 11) is 0. The molecule has 0 amide bonds. The molecule has 2 aliphatic heterocycles. The number of anilines is 5. The molecule has 296 valence electrons. The molecule has 3 nitrogen and oxygen atoms in total. The molecule has 0 saturated heterocycles. The second-order valence-electron chi connectivity index (χ2n) is 17.1. The van der Waals surface area contributed by atoms with E-state index in [1.54, 1.807) is 0 Å². The van der Waals surface area contributed by atoms with E-state index >= 15 is 0 Å². The van der Waals surface area contributed by atoms with Crippen LogP contribution in [0.4, 0.5) is 28.4 Å². The van der Waals surface area contributed by atoms with Gasteiger partial charge in [0.2, 0.25) is 0 Å². The summed E-state index contributed by atoms with van der Waals surface area (Å²) in [4.78, 5) is 7.56. The van der Waals surface area contributed by atoms with Crippen molar-refractivity contribution in [2.24, 2.45) is 0 Å². The molecule has 2 atom stereocenters. The maximum atomic E-state index is 7.23. The lowest BCUT2D eigenvalue weighted by molar-refractivity contribution is 0.668. The first-order chi connectivity index (χ1) is 31.3. The lowest BCUT2D eigenvalue weighted by Crippen LogP contribution is -2.32. The van der Waals surface area contributed by atoms with Crippen molar-refractivity contribution >= 4 is 72.9 Å². The Bertz CT molecular complexity index is 3550. The molecule has 2 unspecified atom stereocenters. The maximum absolute atomic E-state index is 7.23. The average molecular weight is 823 g/mol. The fourth-order valence-electron chi connectivity index (χ4n) is 11.5. The molecule has 14 rings (SSSR count). The summed E-state index contributed by atoms with van der Waals surface area (Å²) < 4.78 is 7.23. The van der Waals surface area contributed by atoms with Gasteiger partial charge in [-0.25, -0.2) is 0 Å². The van der Waals surface area contributed by atoms with Crippen molar-refractivity contribution in [1.82, 2.24) is 0 Å². The number of allylic oxidation sites excluding steroid dienone is 2. The molecule has 0 bridgehead atoms. The SMILES string of the molecule is C1=CC2c3cc(N(c4ccc5ccccc5c4)c4cc5c(c6c4oc4ccccc46)-c4ccccc4C54c5ccccc5Sc5ccccc54)ccc3N(c3ccccc3)C2C=C1. The van der Waals surface area contributed by atoms with Crippen LogP contribution < -0.4 is 9.80 Å². The molecule has 0 N–H and O–H groups in total. The van der Waals surface area contributed by atoms with Crippen molar-refractivity contribution in [3.05, 3.63) is 246 Å². The van der Waals surface area contributed by atoms with Gasteiger partial charge in [-0.1, -0.05) is 163 Å². The van der Waals surface area contributed by atoms with Gasteiger partial charge in [-0.2, -0.15) is 0 Å². The van der Waals surface area contributed by atoms with Crippen LogP contribution in [0.2, 0.25) is 0 Å². The standard InChI is InChI=1S/C59H38N2OS/c1-2-18-39(19-3-1)61-50-26-12-7-20-42(50)45-35-41(32-33-51(45)61)60(40-31-30-37-16-4-5-17-38(37)34-40)52-36-49-56(57-44-22-8-13-27-53(44)62-58(52)57)43-21-6-9-23-46(43)59(49)47-24-10-14-28-54(47)63-55-29-15-11-25-48(55)59/h1-36,42,50H. The second-order valence-corrected chi connectivity index (χ2v) is 18.2. The minimum atomic E-state index is -0.568. The van der Waals surface area contributed by atoms with Gasteiger partial charge in [-0.15, -0.1) is 0 Å². The first kappa shape index (κ1) is 35.1. The predicted octanol–water partition coefficient (Wildman–Crippen LogP) is 15.8. The summed E-state index contributed by atoms with van der Waals surface area (Å²) in [5.41, 5.74) is 15.8. The highest BCUT2D eigenvalue weighted by molar-refractivity contribution is 7.99. The Morgan fingerprint density at radius 1 is 0.540 bits per heavy atom. The molecule has 1 aromatic heterocycles. The number of benzene rings is 9. The van der Waals surface area contributed by atoms with Crippen LogP contribution in [0.15, 0.2) is 233 Å². The Balaban J connectivity index is 1.11. The van der Waals surface area contributed by atoms with E-state index in [1.807, 2.05) is 11.8 Å². The maximum Gasteiger partial charge on any atom is 0.160 e. The van der Waals surface area contributed by atoms with Crippen molar-refractivity contribution in [3.63, 3.8) is 0 Å². The lowest BCUT2D eigenvalue weighted by Gasteiger charge is -2.40. The van der Waals surface area contributed by atoms with Crippen molar-refractivity contribution in [2.75, 3.05) is 9.80 Å². The van der Waals surface area contributed by atoms with Gasteiger partial charge in [0, 0.05) is 49.2 Å². The molecule has 4 heteroatoms. The van der Waals surface area contributed by atoms with Gasteiger partial charge in [0.05, 0.1) is 17.1 Å². The Morgan fingerprint density at radius 3 is 2.05 bits per heavy atom. The van der Waals surface area contributed by atoms with E-state index in [4.69, 9.17) is 4.42 Å². The Kier molecular flexibility index (Phi) is 7.38. The van der Waals surface area contributed by atoms with Crippen LogP contribution in [0.3, 0.4) is 0 Å². The number of nitrogens with zero attached hydrogens (tertiary/aromatic N) is 2. The molecule has 63 heavy (non-hydrogen) atoms. The van der Waals surface area contributed by atoms with Crippen molar-refractivity contribution in [2.45, 2.75) is 27.2 Å². The van der Waals surface area contributed by atoms with Crippen LogP contribution in [-0.2, 0) is 5.41 Å². The zero-order valence-corrected chi connectivity index (χ0v) is 35.0. The quantitative estimate of drug-likeness (QED) is 0.176. The average Bonchev–Trinajstić information content (AvgIpc) is 3.99. The van der Waals surface area contributed by atoms with Gasteiger partial charge in [-0.3, -0.25) is 0 Å². The van der Waals surface area contributed by atoms with Crippen molar-refractivity contribution in [3.8, 4) is 11.1 Å². The highest BCUT2D eigenvalue weighted by atomic mass is 32.2. The summed E-state index contributed by atoms with van der Waals surface area (Å²) in [6.07, 6.45) is 9.13. The summed E-state index contributed by atoms with van der Waals surface area (Å²) in [5, 5.41) is 4.67. The van der Waals surface area contributed by atoms with Crippen LogP contribution in [0, 0.1) is 0 Å². The van der Waals surface area contributed by atoms with Gasteiger partial charge < -0.3 is 14.2 Å². The molecule has 10 aromatic rings. The molecule has 1 spiro atoms.